The first-order chi connectivity index (χ1) is 10.5. The van der Waals surface area contributed by atoms with Crippen LogP contribution >= 0.6 is 23.2 Å². The van der Waals surface area contributed by atoms with Gasteiger partial charge in [0.05, 0.1) is 10.7 Å². The molecule has 0 bridgehead atoms. The number of phenols is 1. The van der Waals surface area contributed by atoms with Crippen LogP contribution in [0, 0.1) is 0 Å². The molecule has 2 aromatic carbocycles. The van der Waals surface area contributed by atoms with Crippen molar-refractivity contribution in [3.05, 3.63) is 63.6 Å². The van der Waals surface area contributed by atoms with Gasteiger partial charge in [0.1, 0.15) is 5.75 Å². The maximum atomic E-state index is 12.0. The van der Waals surface area contributed by atoms with Crippen molar-refractivity contribution in [2.45, 2.75) is 13.3 Å². The molecule has 22 heavy (non-hydrogen) atoms. The number of halogens is 2. The second kappa shape index (κ2) is 7.29. The fraction of sp³-hybridized carbons (Fsp3) is 0.125. The molecule has 4 nitrogen and oxygen atoms in total. The van der Waals surface area contributed by atoms with E-state index in [4.69, 9.17) is 23.2 Å². The number of hydrogen-bond donors (Lipinski definition) is 2. The second-order valence-electron chi connectivity index (χ2n) is 4.52. The summed E-state index contributed by atoms with van der Waals surface area (Å²) in [5.74, 6) is -0.265. The van der Waals surface area contributed by atoms with Crippen LogP contribution in [0.2, 0.25) is 10.0 Å². The van der Waals surface area contributed by atoms with Crippen molar-refractivity contribution >= 4 is 34.8 Å². The summed E-state index contributed by atoms with van der Waals surface area (Å²) in [5.41, 5.74) is 4.26. The van der Waals surface area contributed by atoms with Crippen LogP contribution in [0.15, 0.2) is 47.6 Å². The molecule has 0 unspecified atom stereocenters. The molecule has 6 heteroatoms. The van der Waals surface area contributed by atoms with E-state index < -0.39 is 0 Å². The number of carbonyl (C=O) groups is 1. The van der Waals surface area contributed by atoms with Crippen molar-refractivity contribution < 1.29 is 9.90 Å². The summed E-state index contributed by atoms with van der Waals surface area (Å²) in [5, 5.41) is 14.4. The Kier molecular flexibility index (Phi) is 5.41. The summed E-state index contributed by atoms with van der Waals surface area (Å²) >= 11 is 12.0. The van der Waals surface area contributed by atoms with Crippen molar-refractivity contribution in [3.8, 4) is 5.75 Å². The van der Waals surface area contributed by atoms with Gasteiger partial charge in [-0.25, -0.2) is 5.43 Å². The van der Waals surface area contributed by atoms with Crippen LogP contribution in [0.4, 0.5) is 0 Å². The standard InChI is InChI=1S/C16H14Cl2N2O2/c1-2-15(13-8-5-11(17)9-14(13)18)19-20-16(22)10-3-6-12(21)7-4-10/h3-9,21H,2H2,1H3,(H,20,22)/b19-15+. The maximum Gasteiger partial charge on any atom is 0.271 e. The van der Waals surface area contributed by atoms with Gasteiger partial charge in [0.2, 0.25) is 0 Å². The van der Waals surface area contributed by atoms with E-state index in [-0.39, 0.29) is 11.7 Å². The van der Waals surface area contributed by atoms with E-state index in [2.05, 4.69) is 10.5 Å². The molecule has 0 aliphatic heterocycles. The number of rotatable bonds is 4. The minimum absolute atomic E-state index is 0.0993. The lowest BCUT2D eigenvalue weighted by Crippen LogP contribution is -2.20. The summed E-state index contributed by atoms with van der Waals surface area (Å²) in [6.07, 6.45) is 0.594. The third-order valence-corrected chi connectivity index (χ3v) is 3.55. The van der Waals surface area contributed by atoms with Crippen molar-refractivity contribution in [1.29, 1.82) is 0 Å². The second-order valence-corrected chi connectivity index (χ2v) is 5.37. The van der Waals surface area contributed by atoms with Crippen molar-refractivity contribution in [1.82, 2.24) is 5.43 Å². The van der Waals surface area contributed by atoms with Crippen LogP contribution in [0.3, 0.4) is 0 Å². The van der Waals surface area contributed by atoms with Gasteiger partial charge in [0.25, 0.3) is 5.91 Å². The van der Waals surface area contributed by atoms with Crippen LogP contribution < -0.4 is 5.43 Å². The highest BCUT2D eigenvalue weighted by Gasteiger charge is 2.09. The minimum atomic E-state index is -0.365. The maximum absolute atomic E-state index is 12.0. The number of hydrogen-bond acceptors (Lipinski definition) is 3. The summed E-state index contributed by atoms with van der Waals surface area (Å²) in [7, 11) is 0. The number of aromatic hydroxyl groups is 1. The highest BCUT2D eigenvalue weighted by molar-refractivity contribution is 6.37. The fourth-order valence-electron chi connectivity index (χ4n) is 1.85. The number of nitrogens with one attached hydrogen (secondary N) is 1. The van der Waals surface area contributed by atoms with Gasteiger partial charge in [-0.1, -0.05) is 36.2 Å². The zero-order chi connectivity index (χ0) is 16.1. The molecule has 0 aromatic heterocycles. The molecule has 114 valence electrons. The molecule has 1 amide bonds. The Labute approximate surface area is 138 Å². The molecule has 0 saturated heterocycles. The molecule has 2 N–H and O–H groups in total. The lowest BCUT2D eigenvalue weighted by atomic mass is 10.1. The smallest absolute Gasteiger partial charge is 0.271 e. The molecule has 0 aliphatic carbocycles. The van der Waals surface area contributed by atoms with E-state index in [9.17, 15) is 9.90 Å². The molecule has 0 fully saturated rings. The third kappa shape index (κ3) is 4.00. The van der Waals surface area contributed by atoms with Crippen LogP contribution in [0.1, 0.15) is 29.3 Å². The number of carbonyl (C=O) groups excluding carboxylic acids is 1. The Balaban J connectivity index is 2.18. The number of benzene rings is 2. The summed E-state index contributed by atoms with van der Waals surface area (Å²) in [6.45, 7) is 1.91. The van der Waals surface area contributed by atoms with E-state index in [0.717, 1.165) is 5.56 Å². The highest BCUT2D eigenvalue weighted by Crippen LogP contribution is 2.22. The molecule has 2 rings (SSSR count). The Hall–Kier alpha value is -2.04. The van der Waals surface area contributed by atoms with Crippen LogP contribution in [0.25, 0.3) is 0 Å². The summed E-state index contributed by atoms with van der Waals surface area (Å²) < 4.78 is 0. The first kappa shape index (κ1) is 16.3. The number of hydrazone groups is 1. The van der Waals surface area contributed by atoms with E-state index in [1.807, 2.05) is 6.92 Å². The normalized spacial score (nSPS) is 11.3. The number of amides is 1. The van der Waals surface area contributed by atoms with E-state index >= 15 is 0 Å². The number of nitrogens with zero attached hydrogens (tertiary/aromatic N) is 1. The van der Waals surface area contributed by atoms with Crippen molar-refractivity contribution in [2.75, 3.05) is 0 Å². The summed E-state index contributed by atoms with van der Waals surface area (Å²) in [6, 6.07) is 11.0. The van der Waals surface area contributed by atoms with Crippen LogP contribution in [-0.4, -0.2) is 16.7 Å². The quantitative estimate of drug-likeness (QED) is 0.647. The van der Waals surface area contributed by atoms with E-state index in [1.54, 1.807) is 18.2 Å². The molecule has 0 radical (unpaired) electrons. The Morgan fingerprint density at radius 3 is 2.45 bits per heavy atom. The topological polar surface area (TPSA) is 61.7 Å². The van der Waals surface area contributed by atoms with Crippen LogP contribution in [-0.2, 0) is 0 Å². The largest absolute Gasteiger partial charge is 0.508 e. The molecular formula is C16H14Cl2N2O2. The Morgan fingerprint density at radius 2 is 1.86 bits per heavy atom. The third-order valence-electron chi connectivity index (χ3n) is 3.00. The lowest BCUT2D eigenvalue weighted by molar-refractivity contribution is 0.0955. The minimum Gasteiger partial charge on any atom is -0.508 e. The number of phenolic OH excluding ortho intramolecular Hbond substituents is 1. The van der Waals surface area contributed by atoms with Gasteiger partial charge >= 0.3 is 0 Å². The Bertz CT molecular complexity index is 713. The van der Waals surface area contributed by atoms with E-state index in [0.29, 0.717) is 27.7 Å². The average molecular weight is 337 g/mol. The first-order valence-corrected chi connectivity index (χ1v) is 7.38. The molecule has 0 heterocycles. The monoisotopic (exact) mass is 336 g/mol. The van der Waals surface area contributed by atoms with Crippen molar-refractivity contribution in [2.24, 2.45) is 5.10 Å². The fourth-order valence-corrected chi connectivity index (χ4v) is 2.37. The average Bonchev–Trinajstić information content (AvgIpc) is 2.50. The van der Waals surface area contributed by atoms with Crippen molar-refractivity contribution in [3.63, 3.8) is 0 Å². The zero-order valence-corrected chi connectivity index (χ0v) is 13.3. The summed E-state index contributed by atoms with van der Waals surface area (Å²) in [4.78, 5) is 12.0. The first-order valence-electron chi connectivity index (χ1n) is 6.62. The molecule has 0 aliphatic rings. The van der Waals surface area contributed by atoms with Gasteiger partial charge < -0.3 is 5.11 Å². The SMILES string of the molecule is CC/C(=N\NC(=O)c1ccc(O)cc1)c1ccc(Cl)cc1Cl. The lowest BCUT2D eigenvalue weighted by Gasteiger charge is -2.08. The van der Waals surface area contributed by atoms with Gasteiger partial charge in [-0.15, -0.1) is 0 Å². The van der Waals surface area contributed by atoms with Gasteiger partial charge in [-0.05, 0) is 42.8 Å². The molecular weight excluding hydrogens is 323 g/mol. The zero-order valence-electron chi connectivity index (χ0n) is 11.8. The van der Waals surface area contributed by atoms with Gasteiger partial charge in [0, 0.05) is 16.1 Å². The van der Waals surface area contributed by atoms with E-state index in [1.165, 1.54) is 24.3 Å². The Morgan fingerprint density at radius 1 is 1.18 bits per heavy atom. The molecule has 0 atom stereocenters. The van der Waals surface area contributed by atoms with Gasteiger partial charge in [0.15, 0.2) is 0 Å². The van der Waals surface area contributed by atoms with Gasteiger partial charge in [-0.3, -0.25) is 4.79 Å². The van der Waals surface area contributed by atoms with Crippen LogP contribution in [0.5, 0.6) is 5.75 Å². The van der Waals surface area contributed by atoms with Gasteiger partial charge in [-0.2, -0.15) is 5.10 Å². The molecule has 0 spiro atoms. The highest BCUT2D eigenvalue weighted by atomic mass is 35.5. The predicted octanol–water partition coefficient (Wildman–Crippen LogP) is 4.24. The predicted molar refractivity (Wildman–Crippen MR) is 88.9 cm³/mol. The molecule has 2 aromatic rings. The molecule has 0 saturated carbocycles.